The zero-order chi connectivity index (χ0) is 15.7. The van der Waals surface area contributed by atoms with Crippen molar-refractivity contribution >= 4 is 28.5 Å². The molecule has 22 heavy (non-hydrogen) atoms. The van der Waals surface area contributed by atoms with Gasteiger partial charge in [0.1, 0.15) is 0 Å². The van der Waals surface area contributed by atoms with E-state index in [1.165, 1.54) is 36.3 Å². The maximum absolute atomic E-state index is 6.16. The Kier molecular flexibility index (Phi) is 7.09. The van der Waals surface area contributed by atoms with Crippen molar-refractivity contribution < 1.29 is 0 Å². The summed E-state index contributed by atoms with van der Waals surface area (Å²) in [7, 11) is 0. The van der Waals surface area contributed by atoms with E-state index < -0.39 is 6.04 Å². The normalized spacial score (nSPS) is 11.9. The van der Waals surface area contributed by atoms with Gasteiger partial charge in [0.15, 0.2) is 0 Å². The molecular weight excluding hydrogens is 303 g/mol. The van der Waals surface area contributed by atoms with Crippen LogP contribution in [0.3, 0.4) is 0 Å². The highest BCUT2D eigenvalue weighted by molar-refractivity contribution is 8.23. The number of benzene rings is 2. The smallest absolute Gasteiger partial charge is 0.0307 e. The summed E-state index contributed by atoms with van der Waals surface area (Å²) < 4.78 is 0. The van der Waals surface area contributed by atoms with Crippen LogP contribution >= 0.6 is 6.04 Å². The van der Waals surface area contributed by atoms with Crippen molar-refractivity contribution in [2.75, 3.05) is 0 Å². The van der Waals surface area contributed by atoms with Crippen LogP contribution in [0.2, 0.25) is 0 Å². The Balaban J connectivity index is 2.20. The number of allylic oxidation sites excluding steroid dienone is 1. The second-order valence-electron chi connectivity index (χ2n) is 5.56. The summed E-state index contributed by atoms with van der Waals surface area (Å²) in [5, 5.41) is 2.56. The number of unbranched alkanes of at least 4 members (excludes halogenated alkanes) is 4. The number of rotatable bonds is 8. The van der Waals surface area contributed by atoms with Crippen molar-refractivity contribution in [3.63, 3.8) is 0 Å². The lowest BCUT2D eigenvalue weighted by Gasteiger charge is -2.19. The van der Waals surface area contributed by atoms with Crippen LogP contribution in [0.15, 0.2) is 72.6 Å². The van der Waals surface area contributed by atoms with Gasteiger partial charge in [0.05, 0.1) is 0 Å². The van der Waals surface area contributed by atoms with Gasteiger partial charge in [0.2, 0.25) is 0 Å². The van der Waals surface area contributed by atoms with Gasteiger partial charge in [-0.15, -0.1) is 0 Å². The van der Waals surface area contributed by atoms with Gasteiger partial charge >= 0.3 is 0 Å². The monoisotopic (exact) mass is 328 g/mol. The first-order valence-corrected chi connectivity index (χ1v) is 11.0. The largest absolute Gasteiger partial charge is 0.0832 e. The highest BCUT2D eigenvalue weighted by Crippen LogP contribution is 2.45. The fourth-order valence-electron chi connectivity index (χ4n) is 2.53. The summed E-state index contributed by atoms with van der Waals surface area (Å²) in [4.78, 5) is 0. The third-order valence-corrected chi connectivity index (χ3v) is 8.21. The van der Waals surface area contributed by atoms with E-state index in [1.807, 2.05) is 0 Å². The molecule has 2 aromatic rings. The van der Waals surface area contributed by atoms with E-state index >= 15 is 0 Å². The first kappa shape index (κ1) is 17.2. The molecule has 0 unspecified atom stereocenters. The highest BCUT2D eigenvalue weighted by atomic mass is 32.4. The number of hydrogen-bond acceptors (Lipinski definition) is 1. The van der Waals surface area contributed by atoms with Gasteiger partial charge in [-0.25, -0.2) is 0 Å². The molecule has 2 aromatic carbocycles. The molecule has 0 heterocycles. The molecule has 0 saturated heterocycles. The van der Waals surface area contributed by atoms with Crippen LogP contribution in [0, 0.1) is 0 Å². The molecule has 116 valence electrons. The molecule has 0 bridgehead atoms. The minimum atomic E-state index is -1.83. The lowest BCUT2D eigenvalue weighted by atomic mass is 10.2. The van der Waals surface area contributed by atoms with E-state index in [4.69, 9.17) is 11.8 Å². The van der Waals surface area contributed by atoms with Crippen molar-refractivity contribution in [2.24, 2.45) is 0 Å². The van der Waals surface area contributed by atoms with Crippen LogP contribution in [-0.4, -0.2) is 0 Å². The van der Waals surface area contributed by atoms with Gasteiger partial charge in [0, 0.05) is 6.04 Å². The lowest BCUT2D eigenvalue weighted by molar-refractivity contribution is 0.675. The van der Waals surface area contributed by atoms with E-state index in [0.29, 0.717) is 0 Å². The molecule has 2 heteroatoms. The van der Waals surface area contributed by atoms with Gasteiger partial charge in [0.25, 0.3) is 0 Å². The molecule has 0 aliphatic carbocycles. The predicted octanol–water partition coefficient (Wildman–Crippen LogP) is 5.60. The fourth-order valence-corrected chi connectivity index (χ4v) is 5.84. The lowest BCUT2D eigenvalue weighted by Crippen LogP contribution is -2.13. The first-order chi connectivity index (χ1) is 10.8. The van der Waals surface area contributed by atoms with Gasteiger partial charge in [-0.3, -0.25) is 0 Å². The van der Waals surface area contributed by atoms with Crippen LogP contribution in [0.5, 0.6) is 0 Å². The molecule has 0 aliphatic rings. The summed E-state index contributed by atoms with van der Waals surface area (Å²) in [6.07, 6.45) is 8.66. The molecular formula is C20H25PS. The molecule has 0 radical (unpaired) electrons. The van der Waals surface area contributed by atoms with E-state index in [2.05, 4.69) is 79.5 Å². The Morgan fingerprint density at radius 3 is 1.86 bits per heavy atom. The van der Waals surface area contributed by atoms with Crippen LogP contribution in [0.25, 0.3) is 0 Å². The van der Waals surface area contributed by atoms with Crippen molar-refractivity contribution in [3.05, 3.63) is 72.6 Å². The third kappa shape index (κ3) is 4.66. The van der Waals surface area contributed by atoms with E-state index in [0.717, 1.165) is 6.42 Å². The third-order valence-electron chi connectivity index (χ3n) is 3.82. The first-order valence-electron chi connectivity index (χ1n) is 8.16. The average Bonchev–Trinajstić information content (AvgIpc) is 2.59. The molecule has 2 rings (SSSR count). The molecule has 0 fully saturated rings. The van der Waals surface area contributed by atoms with Crippen LogP contribution in [0.1, 0.15) is 39.0 Å². The van der Waals surface area contributed by atoms with E-state index in [9.17, 15) is 0 Å². The van der Waals surface area contributed by atoms with Crippen molar-refractivity contribution in [1.29, 1.82) is 0 Å². The van der Waals surface area contributed by atoms with Gasteiger partial charge in [-0.05, 0) is 29.3 Å². The zero-order valence-electron chi connectivity index (χ0n) is 13.3. The predicted molar refractivity (Wildman–Crippen MR) is 104 cm³/mol. The molecule has 0 spiro atoms. The van der Waals surface area contributed by atoms with E-state index in [-0.39, 0.29) is 0 Å². The minimum Gasteiger partial charge on any atom is -0.0832 e. The maximum Gasteiger partial charge on any atom is 0.0307 e. The van der Waals surface area contributed by atoms with Gasteiger partial charge in [-0.2, -0.15) is 0 Å². The molecule has 0 aliphatic heterocycles. The summed E-state index contributed by atoms with van der Waals surface area (Å²) >= 11 is 6.16. The Morgan fingerprint density at radius 1 is 0.818 bits per heavy atom. The van der Waals surface area contributed by atoms with Gasteiger partial charge < -0.3 is 0 Å². The van der Waals surface area contributed by atoms with E-state index in [1.54, 1.807) is 0 Å². The summed E-state index contributed by atoms with van der Waals surface area (Å²) in [5.41, 5.74) is 0. The minimum absolute atomic E-state index is 1.14. The zero-order valence-corrected chi connectivity index (χ0v) is 15.0. The quantitative estimate of drug-likeness (QED) is 0.449. The van der Waals surface area contributed by atoms with Gasteiger partial charge in [-0.1, -0.05) is 105 Å². The van der Waals surface area contributed by atoms with Crippen LogP contribution in [0.4, 0.5) is 0 Å². The Labute approximate surface area is 140 Å². The van der Waals surface area contributed by atoms with Crippen LogP contribution < -0.4 is 10.6 Å². The maximum atomic E-state index is 6.16. The van der Waals surface area contributed by atoms with Crippen LogP contribution in [-0.2, 0) is 11.8 Å². The number of hydrogen-bond donors (Lipinski definition) is 0. The summed E-state index contributed by atoms with van der Waals surface area (Å²) in [5.74, 6) is 2.32. The Hall–Kier alpha value is -1.17. The summed E-state index contributed by atoms with van der Waals surface area (Å²) in [6.45, 7) is 2.25. The van der Waals surface area contributed by atoms with Crippen molar-refractivity contribution in [3.8, 4) is 0 Å². The standard InChI is InChI=1S/C20H25PS/c1-2-3-4-5-6-13-18-21(22,19-14-9-7-10-15-19)20-16-11-8-12-17-20/h7-18H,2-6H2,1H3/b18-13+. The molecule has 0 N–H and O–H groups in total. The molecule has 0 atom stereocenters. The van der Waals surface area contributed by atoms with Crippen molar-refractivity contribution in [1.82, 2.24) is 0 Å². The SMILES string of the molecule is CCCCCC/C=C/P(=S)(c1ccccc1)c1ccccc1. The average molecular weight is 328 g/mol. The molecule has 0 aromatic heterocycles. The second-order valence-corrected chi connectivity index (χ2v) is 9.94. The van der Waals surface area contributed by atoms with Crippen molar-refractivity contribution in [2.45, 2.75) is 39.0 Å². The summed E-state index contributed by atoms with van der Waals surface area (Å²) in [6, 6.07) is 19.4. The Bertz CT molecular complexity index is 573. The highest BCUT2D eigenvalue weighted by Gasteiger charge is 2.18. The molecule has 0 nitrogen and oxygen atoms in total. The topological polar surface area (TPSA) is 0 Å². The molecule has 0 saturated carbocycles. The Morgan fingerprint density at radius 2 is 1.36 bits per heavy atom. The molecule has 0 amide bonds. The fraction of sp³-hybridized carbons (Fsp3) is 0.300. The second kappa shape index (κ2) is 9.08.